The second kappa shape index (κ2) is 5.19. The van der Waals surface area contributed by atoms with Gasteiger partial charge in [-0.05, 0) is 50.8 Å². The van der Waals surface area contributed by atoms with E-state index in [0.29, 0.717) is 0 Å². The number of nitrogens with zero attached hydrogens (tertiary/aromatic N) is 1. The summed E-state index contributed by atoms with van der Waals surface area (Å²) in [5.74, 6) is 0. The van der Waals surface area contributed by atoms with Crippen molar-refractivity contribution in [2.75, 3.05) is 19.6 Å². The van der Waals surface area contributed by atoms with E-state index in [2.05, 4.69) is 43.0 Å². The number of nitrogens with two attached hydrogens (primary N) is 1. The van der Waals surface area contributed by atoms with Crippen LogP contribution in [0.1, 0.15) is 31.4 Å². The predicted octanol–water partition coefficient (Wildman–Crippen LogP) is 2.21. The summed E-state index contributed by atoms with van der Waals surface area (Å²) in [7, 11) is 0. The normalized spacial score (nSPS) is 17.6. The molecule has 0 saturated heterocycles. The zero-order chi connectivity index (χ0) is 12.3. The lowest BCUT2D eigenvalue weighted by Gasteiger charge is -2.25. The molecule has 0 spiro atoms. The minimum absolute atomic E-state index is 0.0425. The lowest BCUT2D eigenvalue weighted by molar-refractivity contribution is 0.259. The molecule has 0 amide bonds. The third kappa shape index (κ3) is 3.83. The zero-order valence-corrected chi connectivity index (χ0v) is 11.1. The molecule has 0 aromatic heterocycles. The first-order chi connectivity index (χ1) is 8.04. The fourth-order valence-electron chi connectivity index (χ4n) is 2.38. The molecule has 2 N–H and O–H groups in total. The van der Waals surface area contributed by atoms with Crippen LogP contribution in [0, 0.1) is 0 Å². The van der Waals surface area contributed by atoms with Crippen LogP contribution in [0.5, 0.6) is 0 Å². The van der Waals surface area contributed by atoms with Crippen molar-refractivity contribution in [3.8, 4) is 0 Å². The Bertz CT molecular complexity index is 338. The van der Waals surface area contributed by atoms with Gasteiger partial charge in [0.25, 0.3) is 0 Å². The SMILES string of the molecule is CC(C)(N)CCN1CCc2ccccc2CC1. The van der Waals surface area contributed by atoms with Crippen LogP contribution in [-0.2, 0) is 12.8 Å². The van der Waals surface area contributed by atoms with Crippen molar-refractivity contribution in [1.29, 1.82) is 0 Å². The Hall–Kier alpha value is -0.860. The first kappa shape index (κ1) is 12.6. The summed E-state index contributed by atoms with van der Waals surface area (Å²) in [6, 6.07) is 8.84. The molecule has 0 atom stereocenters. The third-order valence-corrected chi connectivity index (χ3v) is 3.59. The van der Waals surface area contributed by atoms with Crippen molar-refractivity contribution in [2.45, 2.75) is 38.6 Å². The summed E-state index contributed by atoms with van der Waals surface area (Å²) in [5, 5.41) is 0. The quantitative estimate of drug-likeness (QED) is 0.866. The lowest BCUT2D eigenvalue weighted by Crippen LogP contribution is -2.38. The molecule has 1 aromatic carbocycles. The summed E-state index contributed by atoms with van der Waals surface area (Å²) in [6.45, 7) is 7.69. The van der Waals surface area contributed by atoms with Crippen molar-refractivity contribution < 1.29 is 0 Å². The van der Waals surface area contributed by atoms with Crippen molar-refractivity contribution in [3.63, 3.8) is 0 Å². The van der Waals surface area contributed by atoms with Gasteiger partial charge in [-0.3, -0.25) is 0 Å². The smallest absolute Gasteiger partial charge is 0.0109 e. The van der Waals surface area contributed by atoms with Crippen LogP contribution in [0.15, 0.2) is 24.3 Å². The van der Waals surface area contributed by atoms with Gasteiger partial charge in [0.2, 0.25) is 0 Å². The summed E-state index contributed by atoms with van der Waals surface area (Å²) in [5.41, 5.74) is 9.07. The molecule has 1 aliphatic heterocycles. The Morgan fingerprint density at radius 3 is 2.12 bits per heavy atom. The third-order valence-electron chi connectivity index (χ3n) is 3.59. The molecule has 17 heavy (non-hydrogen) atoms. The molecule has 1 aromatic rings. The topological polar surface area (TPSA) is 29.3 Å². The molecule has 0 fully saturated rings. The fourth-order valence-corrected chi connectivity index (χ4v) is 2.38. The average molecular weight is 232 g/mol. The van der Waals surface area contributed by atoms with Crippen LogP contribution in [0.3, 0.4) is 0 Å². The van der Waals surface area contributed by atoms with E-state index in [1.807, 2.05) is 0 Å². The minimum atomic E-state index is -0.0425. The van der Waals surface area contributed by atoms with E-state index in [0.717, 1.165) is 13.0 Å². The molecule has 0 aliphatic carbocycles. The maximum Gasteiger partial charge on any atom is 0.0109 e. The molecule has 0 radical (unpaired) electrons. The van der Waals surface area contributed by atoms with E-state index in [1.54, 1.807) is 0 Å². The Balaban J connectivity index is 1.91. The van der Waals surface area contributed by atoms with Crippen molar-refractivity contribution in [2.24, 2.45) is 5.73 Å². The molecule has 94 valence electrons. The second-order valence-electron chi connectivity index (χ2n) is 5.85. The molecular formula is C15H24N2. The van der Waals surface area contributed by atoms with Crippen molar-refractivity contribution in [3.05, 3.63) is 35.4 Å². The van der Waals surface area contributed by atoms with E-state index >= 15 is 0 Å². The molecular weight excluding hydrogens is 208 g/mol. The Kier molecular flexibility index (Phi) is 3.85. The van der Waals surface area contributed by atoms with Gasteiger partial charge in [-0.1, -0.05) is 24.3 Å². The number of benzene rings is 1. The number of fused-ring (bicyclic) bond motifs is 1. The lowest BCUT2D eigenvalue weighted by atomic mass is 10.0. The van der Waals surface area contributed by atoms with Gasteiger partial charge in [-0.2, -0.15) is 0 Å². The Morgan fingerprint density at radius 1 is 1.12 bits per heavy atom. The minimum Gasteiger partial charge on any atom is -0.326 e. The van der Waals surface area contributed by atoms with E-state index < -0.39 is 0 Å². The van der Waals surface area contributed by atoms with E-state index in [9.17, 15) is 0 Å². The standard InChI is InChI=1S/C15H24N2/c1-15(2,16)9-12-17-10-7-13-5-3-4-6-14(13)8-11-17/h3-6H,7-12,16H2,1-2H3. The summed E-state index contributed by atoms with van der Waals surface area (Å²) < 4.78 is 0. The zero-order valence-electron chi connectivity index (χ0n) is 11.1. The van der Waals surface area contributed by atoms with Gasteiger partial charge in [0.1, 0.15) is 0 Å². The van der Waals surface area contributed by atoms with Gasteiger partial charge in [0, 0.05) is 18.6 Å². The van der Waals surface area contributed by atoms with Crippen LogP contribution in [0.25, 0.3) is 0 Å². The molecule has 2 rings (SSSR count). The predicted molar refractivity (Wildman–Crippen MR) is 73.2 cm³/mol. The summed E-state index contributed by atoms with van der Waals surface area (Å²) in [4.78, 5) is 2.55. The molecule has 2 nitrogen and oxygen atoms in total. The molecule has 0 bridgehead atoms. The summed E-state index contributed by atoms with van der Waals surface area (Å²) >= 11 is 0. The monoisotopic (exact) mass is 232 g/mol. The van der Waals surface area contributed by atoms with Gasteiger partial charge in [-0.25, -0.2) is 0 Å². The number of hydrogen-bond acceptors (Lipinski definition) is 2. The van der Waals surface area contributed by atoms with Crippen LogP contribution >= 0.6 is 0 Å². The number of hydrogen-bond donors (Lipinski definition) is 1. The van der Waals surface area contributed by atoms with Crippen molar-refractivity contribution in [1.82, 2.24) is 4.90 Å². The van der Waals surface area contributed by atoms with Gasteiger partial charge in [-0.15, -0.1) is 0 Å². The molecule has 1 aliphatic rings. The fraction of sp³-hybridized carbons (Fsp3) is 0.600. The van der Waals surface area contributed by atoms with Crippen LogP contribution in [0.2, 0.25) is 0 Å². The second-order valence-corrected chi connectivity index (χ2v) is 5.85. The Labute approximate surface area is 105 Å². The molecule has 0 unspecified atom stereocenters. The van der Waals surface area contributed by atoms with Gasteiger partial charge in [0.05, 0.1) is 0 Å². The summed E-state index contributed by atoms with van der Waals surface area (Å²) in [6.07, 6.45) is 3.44. The van der Waals surface area contributed by atoms with E-state index in [4.69, 9.17) is 5.73 Å². The van der Waals surface area contributed by atoms with E-state index in [-0.39, 0.29) is 5.54 Å². The highest BCUT2D eigenvalue weighted by Crippen LogP contribution is 2.16. The van der Waals surface area contributed by atoms with E-state index in [1.165, 1.54) is 37.1 Å². The largest absolute Gasteiger partial charge is 0.326 e. The van der Waals surface area contributed by atoms with Crippen LogP contribution < -0.4 is 5.73 Å². The van der Waals surface area contributed by atoms with Gasteiger partial charge in [0.15, 0.2) is 0 Å². The average Bonchev–Trinajstić information content (AvgIpc) is 2.48. The van der Waals surface area contributed by atoms with Crippen molar-refractivity contribution >= 4 is 0 Å². The maximum atomic E-state index is 6.05. The first-order valence-corrected chi connectivity index (χ1v) is 6.63. The molecule has 2 heteroatoms. The van der Waals surface area contributed by atoms with Crippen LogP contribution in [-0.4, -0.2) is 30.1 Å². The molecule has 1 heterocycles. The van der Waals surface area contributed by atoms with Gasteiger partial charge >= 0.3 is 0 Å². The van der Waals surface area contributed by atoms with Crippen LogP contribution in [0.4, 0.5) is 0 Å². The maximum absolute atomic E-state index is 6.05. The molecule has 0 saturated carbocycles. The highest BCUT2D eigenvalue weighted by Gasteiger charge is 2.16. The Morgan fingerprint density at radius 2 is 1.65 bits per heavy atom. The van der Waals surface area contributed by atoms with Gasteiger partial charge < -0.3 is 10.6 Å². The highest BCUT2D eigenvalue weighted by molar-refractivity contribution is 5.28. The highest BCUT2D eigenvalue weighted by atomic mass is 15.1. The number of rotatable bonds is 3. The first-order valence-electron chi connectivity index (χ1n) is 6.63.